The van der Waals surface area contributed by atoms with Gasteiger partial charge in [-0.25, -0.2) is 4.98 Å². The second kappa shape index (κ2) is 8.79. The molecule has 1 aromatic rings. The first-order valence-corrected chi connectivity index (χ1v) is 12.7. The van der Waals surface area contributed by atoms with E-state index in [9.17, 15) is 0 Å². The molecule has 0 aliphatic carbocycles. The summed E-state index contributed by atoms with van der Waals surface area (Å²) in [5.41, 5.74) is 0.891. The van der Waals surface area contributed by atoms with Crippen molar-refractivity contribution in [3.05, 3.63) is 18.4 Å². The van der Waals surface area contributed by atoms with Gasteiger partial charge in [0.25, 0.3) is 0 Å². The molecule has 0 saturated carbocycles. The van der Waals surface area contributed by atoms with E-state index >= 15 is 0 Å². The van der Waals surface area contributed by atoms with Gasteiger partial charge in [-0.05, 0) is 37.9 Å². The highest BCUT2D eigenvalue weighted by atomic mass is 28.4. The summed E-state index contributed by atoms with van der Waals surface area (Å²) in [6.07, 6.45) is 2.10. The van der Waals surface area contributed by atoms with Gasteiger partial charge in [0.1, 0.15) is 0 Å². The second-order valence-corrected chi connectivity index (χ2v) is 13.1. The zero-order valence-electron chi connectivity index (χ0n) is 18.0. The van der Waals surface area contributed by atoms with Crippen LogP contribution in [0.4, 0.5) is 0 Å². The second-order valence-electron chi connectivity index (χ2n) is 8.50. The number of rotatable bonds is 9. The van der Waals surface area contributed by atoms with Crippen LogP contribution in [-0.4, -0.2) is 43.7 Å². The lowest BCUT2D eigenvalue weighted by Gasteiger charge is -2.42. The number of aryl methyl sites for hydroxylation is 1. The maximum absolute atomic E-state index is 6.44. The lowest BCUT2D eigenvalue weighted by molar-refractivity contribution is 0.0263. The highest BCUT2D eigenvalue weighted by molar-refractivity contribution is 6.74. The summed E-state index contributed by atoms with van der Waals surface area (Å²) in [5.74, 6) is 1.12. The maximum Gasteiger partial charge on any atom is 0.320 e. The Morgan fingerprint density at radius 2 is 2.07 bits per heavy atom. The van der Waals surface area contributed by atoms with Gasteiger partial charge in [0.2, 0.25) is 12.5 Å². The average molecular weight is 396 g/mol. The van der Waals surface area contributed by atoms with E-state index in [0.717, 1.165) is 5.56 Å². The molecule has 0 radical (unpaired) electrons. The predicted octanol–water partition coefficient (Wildman–Crippen LogP) is 4.54. The van der Waals surface area contributed by atoms with Crippen LogP contribution in [0.5, 0.6) is 11.9 Å². The number of hydrogen-bond donors (Lipinski definition) is 0. The van der Waals surface area contributed by atoms with Crippen LogP contribution in [0, 0.1) is 19.4 Å². The third-order valence-corrected chi connectivity index (χ3v) is 10.6. The van der Waals surface area contributed by atoms with Crippen LogP contribution in [0.25, 0.3) is 0 Å². The zero-order valence-corrected chi connectivity index (χ0v) is 19.0. The molecule has 0 unspecified atom stereocenters. The normalized spacial score (nSPS) is 20.6. The van der Waals surface area contributed by atoms with Gasteiger partial charge in [-0.2, -0.15) is 9.72 Å². The van der Waals surface area contributed by atoms with E-state index in [-0.39, 0.29) is 17.2 Å². The van der Waals surface area contributed by atoms with Crippen LogP contribution in [0.1, 0.15) is 46.6 Å². The molecule has 1 aliphatic rings. The molecule has 0 spiro atoms. The highest BCUT2D eigenvalue weighted by Gasteiger charge is 2.46. The van der Waals surface area contributed by atoms with Gasteiger partial charge in [-0.3, -0.25) is 0 Å². The lowest BCUT2D eigenvalue weighted by atomic mass is 9.99. The Bertz CT molecular complexity index is 622. The SMILES string of the molecule is CCOc1nc(O[C@@H]2C[CH+]O[C@@H]2CO[Si](C)(C)C(C)(C)C(C)C)ncc1C. The Morgan fingerprint density at radius 3 is 2.70 bits per heavy atom. The van der Waals surface area contributed by atoms with E-state index in [2.05, 4.69) is 50.8 Å². The average Bonchev–Trinajstić information content (AvgIpc) is 3.03. The van der Waals surface area contributed by atoms with Crippen LogP contribution in [-0.2, 0) is 9.16 Å². The van der Waals surface area contributed by atoms with Gasteiger partial charge in [0, 0.05) is 11.8 Å². The Hall–Kier alpha value is -1.31. The zero-order chi connectivity index (χ0) is 20.2. The first-order chi connectivity index (χ1) is 12.6. The highest BCUT2D eigenvalue weighted by Crippen LogP contribution is 2.44. The van der Waals surface area contributed by atoms with Crippen LogP contribution >= 0.6 is 0 Å². The van der Waals surface area contributed by atoms with Crippen molar-refractivity contribution < 1.29 is 18.6 Å². The van der Waals surface area contributed by atoms with Crippen molar-refractivity contribution in [1.82, 2.24) is 9.97 Å². The molecule has 0 bridgehead atoms. The van der Waals surface area contributed by atoms with Gasteiger partial charge >= 0.3 is 6.01 Å². The molecule has 0 amide bonds. The van der Waals surface area contributed by atoms with Gasteiger partial charge in [-0.15, -0.1) is 0 Å². The third-order valence-electron chi connectivity index (χ3n) is 6.06. The molecule has 2 rings (SSSR count). The number of aromatic nitrogens is 2. The monoisotopic (exact) mass is 395 g/mol. The molecule has 2 atom stereocenters. The molecule has 0 N–H and O–H groups in total. The van der Waals surface area contributed by atoms with Gasteiger partial charge in [0.05, 0.1) is 13.2 Å². The van der Waals surface area contributed by atoms with E-state index < -0.39 is 8.32 Å². The molecule has 1 aromatic heterocycles. The fourth-order valence-corrected chi connectivity index (χ4v) is 5.19. The molecule has 2 heterocycles. The molecule has 0 aromatic carbocycles. The Morgan fingerprint density at radius 1 is 1.37 bits per heavy atom. The largest absolute Gasteiger partial charge is 0.478 e. The third kappa shape index (κ3) is 5.15. The van der Waals surface area contributed by atoms with Crippen LogP contribution < -0.4 is 9.47 Å². The minimum Gasteiger partial charge on any atom is -0.478 e. The Kier molecular flexibility index (Phi) is 7.16. The summed E-state index contributed by atoms with van der Waals surface area (Å²) in [5, 5.41) is 0.165. The minimum absolute atomic E-state index is 0.153. The molecule has 1 fully saturated rings. The lowest BCUT2D eigenvalue weighted by Crippen LogP contribution is -2.47. The van der Waals surface area contributed by atoms with E-state index in [1.54, 1.807) is 12.8 Å². The molecule has 1 aliphatic heterocycles. The van der Waals surface area contributed by atoms with Crippen molar-refractivity contribution in [2.24, 2.45) is 5.92 Å². The van der Waals surface area contributed by atoms with E-state index in [0.29, 0.717) is 37.4 Å². The molecular formula is C20H35N2O4Si+. The molecule has 7 heteroatoms. The Labute approximate surface area is 165 Å². The number of nitrogens with zero attached hydrogens (tertiary/aromatic N) is 2. The van der Waals surface area contributed by atoms with Crippen molar-refractivity contribution >= 4 is 8.32 Å². The molecule has 6 nitrogen and oxygen atoms in total. The van der Waals surface area contributed by atoms with E-state index in [1.165, 1.54) is 0 Å². The smallest absolute Gasteiger partial charge is 0.320 e. The van der Waals surface area contributed by atoms with Crippen molar-refractivity contribution in [2.45, 2.75) is 78.3 Å². The van der Waals surface area contributed by atoms with Gasteiger partial charge in [-0.1, -0.05) is 27.7 Å². The quantitative estimate of drug-likeness (QED) is 0.452. The first-order valence-electron chi connectivity index (χ1n) is 9.82. The summed E-state index contributed by atoms with van der Waals surface area (Å²) in [7, 11) is -1.91. The summed E-state index contributed by atoms with van der Waals surface area (Å²) in [6, 6.07) is 0.317. The first kappa shape index (κ1) is 22.0. The van der Waals surface area contributed by atoms with E-state index in [4.69, 9.17) is 18.6 Å². The fraction of sp³-hybridized carbons (Fsp3) is 0.750. The van der Waals surface area contributed by atoms with Gasteiger partial charge in [0.15, 0.2) is 26.9 Å². The summed E-state index contributed by atoms with van der Waals surface area (Å²) in [6.45, 7) is 20.4. The fourth-order valence-electron chi connectivity index (χ4n) is 2.84. The van der Waals surface area contributed by atoms with Crippen LogP contribution in [0.2, 0.25) is 18.1 Å². The Balaban J connectivity index is 2.00. The minimum atomic E-state index is -1.91. The standard InChI is InChI=1S/C20H35N2O4Si/c1-9-23-18-15(4)12-21-19(22-18)26-16-10-11-24-17(16)13-25-27(7,8)20(5,6)14(2)3/h11-12,14,16-17H,9-10,13H2,1-8H3/q+1/t16-,17-/m1/s1. The summed E-state index contributed by atoms with van der Waals surface area (Å²) in [4.78, 5) is 8.65. The topological polar surface area (TPSA) is 62.7 Å². The molecular weight excluding hydrogens is 360 g/mol. The maximum atomic E-state index is 6.44. The summed E-state index contributed by atoms with van der Waals surface area (Å²) >= 11 is 0. The molecule has 152 valence electrons. The predicted molar refractivity (Wildman–Crippen MR) is 108 cm³/mol. The van der Waals surface area contributed by atoms with Crippen LogP contribution in [0.15, 0.2) is 6.20 Å². The van der Waals surface area contributed by atoms with Crippen LogP contribution in [0.3, 0.4) is 0 Å². The molecule has 27 heavy (non-hydrogen) atoms. The van der Waals surface area contributed by atoms with Gasteiger partial charge < -0.3 is 13.9 Å². The van der Waals surface area contributed by atoms with Crippen molar-refractivity contribution in [3.8, 4) is 11.9 Å². The van der Waals surface area contributed by atoms with E-state index in [1.807, 2.05) is 13.8 Å². The molecule has 1 saturated heterocycles. The van der Waals surface area contributed by atoms with Crippen molar-refractivity contribution in [2.75, 3.05) is 13.2 Å². The number of ether oxygens (including phenoxy) is 3. The van der Waals surface area contributed by atoms with Crippen molar-refractivity contribution in [1.29, 1.82) is 0 Å². The number of hydrogen-bond acceptors (Lipinski definition) is 6. The summed E-state index contributed by atoms with van der Waals surface area (Å²) < 4.78 is 23.7. The van der Waals surface area contributed by atoms with Crippen molar-refractivity contribution in [3.63, 3.8) is 0 Å².